The van der Waals surface area contributed by atoms with E-state index in [0.717, 1.165) is 0 Å². The monoisotopic (exact) mass is 248 g/mol. The van der Waals surface area contributed by atoms with Crippen LogP contribution in [0.1, 0.15) is 6.42 Å². The molecule has 0 atom stereocenters. The Morgan fingerprint density at radius 1 is 1.56 bits per heavy atom. The van der Waals surface area contributed by atoms with Crippen molar-refractivity contribution in [2.45, 2.75) is 13.0 Å². The summed E-state index contributed by atoms with van der Waals surface area (Å²) < 4.78 is 27.6. The van der Waals surface area contributed by atoms with Gasteiger partial charge in [0.2, 0.25) is 11.8 Å². The van der Waals surface area contributed by atoms with Crippen LogP contribution in [0.25, 0.3) is 0 Å². The molecule has 7 heteroatoms. The van der Waals surface area contributed by atoms with Crippen molar-refractivity contribution < 1.29 is 18.3 Å². The van der Waals surface area contributed by atoms with Gasteiger partial charge in [-0.25, -0.2) is 4.98 Å². The van der Waals surface area contributed by atoms with Gasteiger partial charge in [0.15, 0.2) is 0 Å². The molecular formula is C9H10F2N2O2S. The van der Waals surface area contributed by atoms with Gasteiger partial charge in [-0.15, -0.1) is 0 Å². The van der Waals surface area contributed by atoms with Crippen molar-refractivity contribution in [3.05, 3.63) is 18.3 Å². The van der Waals surface area contributed by atoms with Gasteiger partial charge in [-0.05, 0) is 11.8 Å². The van der Waals surface area contributed by atoms with Crippen LogP contribution in [0.3, 0.4) is 0 Å². The summed E-state index contributed by atoms with van der Waals surface area (Å²) in [6, 6.07) is 2.68. The SMILES string of the molecule is O=C(CCS)Nc1ccc(OC(F)F)nc1. The molecule has 0 aliphatic carbocycles. The van der Waals surface area contributed by atoms with Gasteiger partial charge in [0.05, 0.1) is 11.9 Å². The highest BCUT2D eigenvalue weighted by Gasteiger charge is 2.06. The van der Waals surface area contributed by atoms with Gasteiger partial charge in [-0.2, -0.15) is 21.4 Å². The van der Waals surface area contributed by atoms with Crippen molar-refractivity contribution in [3.63, 3.8) is 0 Å². The third kappa shape index (κ3) is 4.43. The minimum Gasteiger partial charge on any atom is -0.417 e. The lowest BCUT2D eigenvalue weighted by Gasteiger charge is -2.05. The second-order valence-electron chi connectivity index (χ2n) is 2.79. The molecule has 0 bridgehead atoms. The average molecular weight is 248 g/mol. The Kier molecular flexibility index (Phi) is 4.97. The molecule has 0 saturated heterocycles. The summed E-state index contributed by atoms with van der Waals surface area (Å²) in [5.41, 5.74) is 0.424. The molecule has 1 heterocycles. The number of halogens is 2. The zero-order valence-electron chi connectivity index (χ0n) is 8.19. The fraction of sp³-hybridized carbons (Fsp3) is 0.333. The first-order valence-corrected chi connectivity index (χ1v) is 5.06. The molecule has 0 aliphatic rings. The first-order chi connectivity index (χ1) is 7.61. The van der Waals surface area contributed by atoms with Gasteiger partial charge >= 0.3 is 6.61 Å². The van der Waals surface area contributed by atoms with Crippen molar-refractivity contribution >= 4 is 24.2 Å². The van der Waals surface area contributed by atoms with Crippen LogP contribution in [0.15, 0.2) is 18.3 Å². The number of nitrogens with one attached hydrogen (secondary N) is 1. The highest BCUT2D eigenvalue weighted by molar-refractivity contribution is 7.80. The minimum atomic E-state index is -2.91. The molecule has 0 aliphatic heterocycles. The van der Waals surface area contributed by atoms with E-state index in [4.69, 9.17) is 0 Å². The second kappa shape index (κ2) is 6.26. The number of aromatic nitrogens is 1. The summed E-state index contributed by atoms with van der Waals surface area (Å²) in [6.07, 6.45) is 1.52. The topological polar surface area (TPSA) is 51.2 Å². The van der Waals surface area contributed by atoms with Crippen LogP contribution in [0, 0.1) is 0 Å². The summed E-state index contributed by atoms with van der Waals surface area (Å²) in [7, 11) is 0. The molecule has 1 aromatic heterocycles. The Morgan fingerprint density at radius 2 is 2.31 bits per heavy atom. The highest BCUT2D eigenvalue weighted by atomic mass is 32.1. The average Bonchev–Trinajstić information content (AvgIpc) is 2.20. The Labute approximate surface area is 96.4 Å². The molecule has 1 rings (SSSR count). The predicted octanol–water partition coefficient (Wildman–Crippen LogP) is 1.94. The lowest BCUT2D eigenvalue weighted by Crippen LogP contribution is -2.12. The van der Waals surface area contributed by atoms with E-state index in [2.05, 4.69) is 27.7 Å². The second-order valence-corrected chi connectivity index (χ2v) is 3.23. The molecule has 1 amide bonds. The molecule has 0 unspecified atom stereocenters. The minimum absolute atomic E-state index is 0.192. The van der Waals surface area contributed by atoms with Crippen LogP contribution in [-0.2, 0) is 4.79 Å². The van der Waals surface area contributed by atoms with E-state index >= 15 is 0 Å². The van der Waals surface area contributed by atoms with E-state index in [1.807, 2.05) is 0 Å². The maximum absolute atomic E-state index is 11.8. The number of amides is 1. The van der Waals surface area contributed by atoms with Gasteiger partial charge in [0.25, 0.3) is 0 Å². The van der Waals surface area contributed by atoms with Crippen LogP contribution in [0.5, 0.6) is 5.88 Å². The summed E-state index contributed by atoms with van der Waals surface area (Å²) >= 11 is 3.90. The van der Waals surface area contributed by atoms with Crippen molar-refractivity contribution in [1.82, 2.24) is 4.98 Å². The van der Waals surface area contributed by atoms with Crippen molar-refractivity contribution in [2.24, 2.45) is 0 Å². The Hall–Kier alpha value is -1.37. The van der Waals surface area contributed by atoms with Gasteiger partial charge in [0.1, 0.15) is 0 Å². The van der Waals surface area contributed by atoms with Crippen molar-refractivity contribution in [2.75, 3.05) is 11.1 Å². The Morgan fingerprint density at radius 3 is 2.81 bits per heavy atom. The summed E-state index contributed by atoms with van der Waals surface area (Å²) in [4.78, 5) is 14.7. The number of hydrogen-bond acceptors (Lipinski definition) is 4. The van der Waals surface area contributed by atoms with E-state index in [1.165, 1.54) is 18.3 Å². The molecule has 4 nitrogen and oxygen atoms in total. The van der Waals surface area contributed by atoms with Gasteiger partial charge in [0, 0.05) is 12.5 Å². The van der Waals surface area contributed by atoms with E-state index in [9.17, 15) is 13.6 Å². The maximum Gasteiger partial charge on any atom is 0.388 e. The van der Waals surface area contributed by atoms with Crippen LogP contribution in [0.4, 0.5) is 14.5 Å². The fourth-order valence-electron chi connectivity index (χ4n) is 0.940. The number of nitrogens with zero attached hydrogens (tertiary/aromatic N) is 1. The van der Waals surface area contributed by atoms with Crippen LogP contribution < -0.4 is 10.1 Å². The van der Waals surface area contributed by atoms with Crippen LogP contribution in [-0.4, -0.2) is 23.3 Å². The number of rotatable bonds is 5. The van der Waals surface area contributed by atoms with E-state index in [1.54, 1.807) is 0 Å². The molecule has 0 saturated carbocycles. The number of carbonyl (C=O) groups is 1. The van der Waals surface area contributed by atoms with E-state index in [-0.39, 0.29) is 18.2 Å². The summed E-state index contributed by atoms with van der Waals surface area (Å²) in [6.45, 7) is -2.91. The number of anilines is 1. The lowest BCUT2D eigenvalue weighted by atomic mass is 10.4. The molecule has 0 fully saturated rings. The Balaban J connectivity index is 2.54. The third-order valence-electron chi connectivity index (χ3n) is 1.57. The van der Waals surface area contributed by atoms with Gasteiger partial charge in [-0.3, -0.25) is 4.79 Å². The van der Waals surface area contributed by atoms with E-state index in [0.29, 0.717) is 11.4 Å². The number of thiol groups is 1. The number of ether oxygens (including phenoxy) is 1. The largest absolute Gasteiger partial charge is 0.417 e. The highest BCUT2D eigenvalue weighted by Crippen LogP contribution is 2.13. The summed E-state index contributed by atoms with van der Waals surface area (Å²) in [5, 5.41) is 2.53. The van der Waals surface area contributed by atoms with Gasteiger partial charge in [-0.1, -0.05) is 0 Å². The third-order valence-corrected chi connectivity index (χ3v) is 1.79. The maximum atomic E-state index is 11.8. The molecule has 0 aromatic carbocycles. The fourth-order valence-corrected chi connectivity index (χ4v) is 1.14. The number of hydrogen-bond donors (Lipinski definition) is 2. The first kappa shape index (κ1) is 12.7. The number of alkyl halides is 2. The van der Waals surface area contributed by atoms with Crippen LogP contribution >= 0.6 is 12.6 Å². The normalized spacial score (nSPS) is 10.2. The van der Waals surface area contributed by atoms with Crippen molar-refractivity contribution in [3.8, 4) is 5.88 Å². The predicted molar refractivity (Wildman–Crippen MR) is 58.0 cm³/mol. The molecule has 1 aromatic rings. The zero-order chi connectivity index (χ0) is 12.0. The lowest BCUT2D eigenvalue weighted by molar-refractivity contribution is -0.115. The molecular weight excluding hydrogens is 238 g/mol. The zero-order valence-corrected chi connectivity index (χ0v) is 9.08. The smallest absolute Gasteiger partial charge is 0.388 e. The standard InChI is InChI=1S/C9H10F2N2O2S/c10-9(11)15-8-2-1-6(5-12-8)13-7(14)3-4-16/h1-2,5,9,16H,3-4H2,(H,13,14). The van der Waals surface area contributed by atoms with E-state index < -0.39 is 6.61 Å². The number of pyridine rings is 1. The molecule has 0 spiro atoms. The molecule has 16 heavy (non-hydrogen) atoms. The van der Waals surface area contributed by atoms with Crippen LogP contribution in [0.2, 0.25) is 0 Å². The number of carbonyl (C=O) groups excluding carboxylic acids is 1. The van der Waals surface area contributed by atoms with Gasteiger partial charge < -0.3 is 10.1 Å². The summed E-state index contributed by atoms with van der Waals surface area (Å²) in [5.74, 6) is 0.0350. The van der Waals surface area contributed by atoms with Crippen molar-refractivity contribution in [1.29, 1.82) is 0 Å². The molecule has 1 N–H and O–H groups in total. The quantitative estimate of drug-likeness (QED) is 0.783. The Bertz CT molecular complexity index is 346. The molecule has 88 valence electrons. The first-order valence-electron chi connectivity index (χ1n) is 4.43. The molecule has 0 radical (unpaired) electrons.